The van der Waals surface area contributed by atoms with E-state index in [0.717, 1.165) is 32.0 Å². The lowest BCUT2D eigenvalue weighted by atomic mass is 10.4. The van der Waals surface area contributed by atoms with Crippen LogP contribution in [-0.2, 0) is 4.74 Å². The first-order valence-electron chi connectivity index (χ1n) is 3.22. The Morgan fingerprint density at radius 2 is 2.00 bits per heavy atom. The Hall–Kier alpha value is -0.500. The quantitative estimate of drug-likeness (QED) is 0.511. The molecule has 1 aliphatic heterocycles. The molecule has 9 heavy (non-hydrogen) atoms. The van der Waals surface area contributed by atoms with Crippen molar-refractivity contribution >= 4 is 0 Å². The molecule has 1 saturated heterocycles. The minimum Gasteiger partial charge on any atom is -0.378 e. The summed E-state index contributed by atoms with van der Waals surface area (Å²) in [4.78, 5) is 2.13. The highest BCUT2D eigenvalue weighted by Crippen LogP contribution is 2.02. The van der Waals surface area contributed by atoms with E-state index in [9.17, 15) is 0 Å². The van der Waals surface area contributed by atoms with E-state index < -0.39 is 0 Å². The molecule has 2 nitrogen and oxygen atoms in total. The number of morpholine rings is 1. The zero-order valence-electron chi connectivity index (χ0n) is 5.76. The molecule has 0 N–H and O–H groups in total. The lowest BCUT2D eigenvalue weighted by Crippen LogP contribution is -2.34. The first-order chi connectivity index (χ1) is 4.30. The molecule has 0 amide bonds. The van der Waals surface area contributed by atoms with Crippen molar-refractivity contribution in [3.63, 3.8) is 0 Å². The second-order valence-electron chi connectivity index (χ2n) is 2.24. The summed E-state index contributed by atoms with van der Waals surface area (Å²) >= 11 is 0. The molecule has 51 valence electrons. The molecule has 0 bridgehead atoms. The largest absolute Gasteiger partial charge is 0.378 e. The van der Waals surface area contributed by atoms with Gasteiger partial charge in [0.1, 0.15) is 0 Å². The van der Waals surface area contributed by atoms with E-state index in [1.54, 1.807) is 0 Å². The van der Waals surface area contributed by atoms with Gasteiger partial charge in [-0.15, -0.1) is 0 Å². The van der Waals surface area contributed by atoms with E-state index in [-0.39, 0.29) is 0 Å². The van der Waals surface area contributed by atoms with Gasteiger partial charge in [0.15, 0.2) is 0 Å². The van der Waals surface area contributed by atoms with Crippen molar-refractivity contribution in [2.75, 3.05) is 26.3 Å². The maximum absolute atomic E-state index is 5.55. The monoisotopic (exact) mass is 126 g/mol. The van der Waals surface area contributed by atoms with Crippen LogP contribution in [-0.4, -0.2) is 31.2 Å². The summed E-state index contributed by atoms with van der Waals surface area (Å²) in [5, 5.41) is 0. The number of hydrogen-bond acceptors (Lipinski definition) is 2. The van der Waals surface area contributed by atoms with Crippen LogP contribution in [0.15, 0.2) is 5.70 Å². The normalized spacial score (nSPS) is 19.9. The number of ether oxygens (including phenoxy) is 1. The fraction of sp³-hybridized carbons (Fsp3) is 0.714. The van der Waals surface area contributed by atoms with Crippen LogP contribution in [0.3, 0.4) is 0 Å². The lowest BCUT2D eigenvalue weighted by molar-refractivity contribution is 0.0538. The molecule has 0 atom stereocenters. The maximum Gasteiger partial charge on any atom is 0.0642 e. The molecular weight excluding hydrogens is 114 g/mol. The first-order valence-corrected chi connectivity index (χ1v) is 3.22. The fourth-order valence-corrected chi connectivity index (χ4v) is 0.916. The molecule has 0 aromatic heterocycles. The van der Waals surface area contributed by atoms with Crippen molar-refractivity contribution in [2.24, 2.45) is 0 Å². The molecule has 0 aromatic carbocycles. The van der Waals surface area contributed by atoms with Crippen LogP contribution < -0.4 is 0 Å². The van der Waals surface area contributed by atoms with Crippen molar-refractivity contribution in [1.82, 2.24) is 4.90 Å². The Bertz CT molecular complexity index is 105. The topological polar surface area (TPSA) is 12.5 Å². The molecule has 0 spiro atoms. The highest BCUT2D eigenvalue weighted by molar-refractivity contribution is 4.86. The lowest BCUT2D eigenvalue weighted by Gasteiger charge is -2.28. The number of nitrogens with zero attached hydrogens (tertiary/aromatic N) is 1. The van der Waals surface area contributed by atoms with Crippen LogP contribution in [0.5, 0.6) is 0 Å². The van der Waals surface area contributed by atoms with Gasteiger partial charge in [0.05, 0.1) is 13.2 Å². The molecule has 1 aliphatic rings. The molecular formula is C7H12NO. The zero-order valence-corrected chi connectivity index (χ0v) is 5.76. The van der Waals surface area contributed by atoms with Gasteiger partial charge in [0.2, 0.25) is 0 Å². The number of rotatable bonds is 1. The Morgan fingerprint density at radius 1 is 1.44 bits per heavy atom. The molecule has 0 saturated carbocycles. The summed E-state index contributed by atoms with van der Waals surface area (Å²) in [6.07, 6.45) is 0. The molecule has 1 heterocycles. The number of allylic oxidation sites excluding steroid dienone is 1. The molecule has 1 radical (unpaired) electrons. The Labute approximate surface area is 56.1 Å². The predicted molar refractivity (Wildman–Crippen MR) is 35.9 cm³/mol. The van der Waals surface area contributed by atoms with Gasteiger partial charge in [-0.25, -0.2) is 0 Å². The van der Waals surface area contributed by atoms with Crippen LogP contribution in [0.4, 0.5) is 0 Å². The van der Waals surface area contributed by atoms with Gasteiger partial charge >= 0.3 is 0 Å². The molecule has 0 aliphatic carbocycles. The second-order valence-corrected chi connectivity index (χ2v) is 2.24. The van der Waals surface area contributed by atoms with Crippen LogP contribution >= 0.6 is 0 Å². The number of hydrogen-bond donors (Lipinski definition) is 0. The van der Waals surface area contributed by atoms with Crippen molar-refractivity contribution < 1.29 is 4.74 Å². The van der Waals surface area contributed by atoms with Crippen molar-refractivity contribution in [2.45, 2.75) is 6.92 Å². The van der Waals surface area contributed by atoms with Gasteiger partial charge in [0, 0.05) is 18.8 Å². The van der Waals surface area contributed by atoms with Crippen molar-refractivity contribution in [3.8, 4) is 0 Å². The zero-order chi connectivity index (χ0) is 6.69. The van der Waals surface area contributed by atoms with Gasteiger partial charge < -0.3 is 9.64 Å². The third kappa shape index (κ3) is 1.72. The van der Waals surface area contributed by atoms with Crippen LogP contribution in [0.1, 0.15) is 6.92 Å². The second kappa shape index (κ2) is 2.87. The van der Waals surface area contributed by atoms with Gasteiger partial charge in [0.25, 0.3) is 0 Å². The smallest absolute Gasteiger partial charge is 0.0642 e. The van der Waals surface area contributed by atoms with Gasteiger partial charge in [-0.3, -0.25) is 0 Å². The SMILES string of the molecule is [CH]=C(C)N1CCOCC1. The minimum absolute atomic E-state index is 0.814. The first kappa shape index (κ1) is 6.62. The summed E-state index contributed by atoms with van der Waals surface area (Å²) in [6.45, 7) is 11.0. The average molecular weight is 126 g/mol. The van der Waals surface area contributed by atoms with E-state index in [1.807, 2.05) is 6.92 Å². The Kier molecular flexibility index (Phi) is 2.11. The fourth-order valence-electron chi connectivity index (χ4n) is 0.916. The summed E-state index contributed by atoms with van der Waals surface area (Å²) < 4.78 is 5.14. The molecule has 1 rings (SSSR count). The van der Waals surface area contributed by atoms with Crippen LogP contribution in [0, 0.1) is 6.58 Å². The summed E-state index contributed by atoms with van der Waals surface area (Å²) in [7, 11) is 0. The van der Waals surface area contributed by atoms with E-state index in [4.69, 9.17) is 11.3 Å². The van der Waals surface area contributed by atoms with E-state index in [0.29, 0.717) is 0 Å². The molecule has 0 aromatic rings. The highest BCUT2D eigenvalue weighted by atomic mass is 16.5. The van der Waals surface area contributed by atoms with E-state index >= 15 is 0 Å². The highest BCUT2D eigenvalue weighted by Gasteiger charge is 2.07. The third-order valence-corrected chi connectivity index (χ3v) is 1.51. The summed E-state index contributed by atoms with van der Waals surface area (Å²) in [6, 6.07) is 0. The Balaban J connectivity index is 2.31. The maximum atomic E-state index is 5.55. The van der Waals surface area contributed by atoms with Crippen LogP contribution in [0.25, 0.3) is 0 Å². The third-order valence-electron chi connectivity index (χ3n) is 1.51. The Morgan fingerprint density at radius 3 is 2.33 bits per heavy atom. The van der Waals surface area contributed by atoms with E-state index in [1.165, 1.54) is 0 Å². The molecule has 1 fully saturated rings. The predicted octanol–water partition coefficient (Wildman–Crippen LogP) is 0.655. The van der Waals surface area contributed by atoms with Gasteiger partial charge in [-0.2, -0.15) is 0 Å². The summed E-state index contributed by atoms with van der Waals surface area (Å²) in [5.41, 5.74) is 0.901. The van der Waals surface area contributed by atoms with E-state index in [2.05, 4.69) is 4.90 Å². The van der Waals surface area contributed by atoms with Crippen molar-refractivity contribution in [3.05, 3.63) is 12.3 Å². The van der Waals surface area contributed by atoms with Gasteiger partial charge in [-0.05, 0) is 13.5 Å². The molecule has 2 heteroatoms. The minimum atomic E-state index is 0.814. The van der Waals surface area contributed by atoms with Crippen LogP contribution in [0.2, 0.25) is 0 Å². The van der Waals surface area contributed by atoms with Gasteiger partial charge in [-0.1, -0.05) is 0 Å². The molecule has 0 unspecified atom stereocenters. The standard InChI is InChI=1S/C7H12NO/c1-7(2)8-3-5-9-6-4-8/h1H,3-6H2,2H3. The van der Waals surface area contributed by atoms with Crippen molar-refractivity contribution in [1.29, 1.82) is 0 Å². The average Bonchev–Trinajstić information content (AvgIpc) is 1.90. The summed E-state index contributed by atoms with van der Waals surface area (Å²) in [5.74, 6) is 0.